The standard InChI is InChI=1S/C17H27N3O2/c1-17(2,3)22-16(21)20-10-8-14(12-20)11-19(4)13-15-7-5-6-9-18-15/h5-7,9,14H,8,10-13H2,1-4H3. The lowest BCUT2D eigenvalue weighted by Gasteiger charge is -2.25. The van der Waals surface area contributed by atoms with Crippen LogP contribution in [0.3, 0.4) is 0 Å². The monoisotopic (exact) mass is 305 g/mol. The maximum absolute atomic E-state index is 12.1. The van der Waals surface area contributed by atoms with E-state index in [-0.39, 0.29) is 6.09 Å². The molecule has 1 saturated heterocycles. The average Bonchev–Trinajstić information content (AvgIpc) is 2.86. The van der Waals surface area contributed by atoms with Crippen LogP contribution in [0.5, 0.6) is 0 Å². The molecule has 122 valence electrons. The van der Waals surface area contributed by atoms with Crippen LogP contribution in [0, 0.1) is 5.92 Å². The fourth-order valence-corrected chi connectivity index (χ4v) is 2.75. The second-order valence-corrected chi connectivity index (χ2v) is 7.10. The maximum atomic E-state index is 12.1. The van der Waals surface area contributed by atoms with Crippen molar-refractivity contribution in [3.05, 3.63) is 30.1 Å². The third-order valence-electron chi connectivity index (χ3n) is 3.67. The molecule has 0 saturated carbocycles. The van der Waals surface area contributed by atoms with Crippen LogP contribution in [0.25, 0.3) is 0 Å². The summed E-state index contributed by atoms with van der Waals surface area (Å²) in [5.74, 6) is 0.501. The van der Waals surface area contributed by atoms with Gasteiger partial charge in [0.15, 0.2) is 0 Å². The zero-order valence-electron chi connectivity index (χ0n) is 14.1. The van der Waals surface area contributed by atoms with Gasteiger partial charge in [0.2, 0.25) is 0 Å². The fraction of sp³-hybridized carbons (Fsp3) is 0.647. The lowest BCUT2D eigenvalue weighted by molar-refractivity contribution is 0.0285. The Morgan fingerprint density at radius 1 is 1.45 bits per heavy atom. The summed E-state index contributed by atoms with van der Waals surface area (Å²) in [4.78, 5) is 20.5. The van der Waals surface area contributed by atoms with Gasteiger partial charge in [0.05, 0.1) is 5.69 Å². The second kappa shape index (κ2) is 7.09. The van der Waals surface area contributed by atoms with Crippen molar-refractivity contribution in [2.75, 3.05) is 26.7 Å². The van der Waals surface area contributed by atoms with Crippen LogP contribution in [-0.4, -0.2) is 53.2 Å². The molecular weight excluding hydrogens is 278 g/mol. The van der Waals surface area contributed by atoms with E-state index in [2.05, 4.69) is 16.9 Å². The van der Waals surface area contributed by atoms with Crippen molar-refractivity contribution in [2.24, 2.45) is 5.92 Å². The number of hydrogen-bond acceptors (Lipinski definition) is 4. The number of amides is 1. The van der Waals surface area contributed by atoms with Crippen molar-refractivity contribution < 1.29 is 9.53 Å². The molecule has 1 atom stereocenters. The molecule has 0 aliphatic carbocycles. The van der Waals surface area contributed by atoms with Crippen LogP contribution in [0.4, 0.5) is 4.79 Å². The van der Waals surface area contributed by atoms with E-state index in [0.717, 1.165) is 38.3 Å². The molecule has 0 radical (unpaired) electrons. The lowest BCUT2D eigenvalue weighted by atomic mass is 10.1. The largest absolute Gasteiger partial charge is 0.444 e. The summed E-state index contributed by atoms with van der Waals surface area (Å²) in [5.41, 5.74) is 0.650. The summed E-state index contributed by atoms with van der Waals surface area (Å²) in [6.45, 7) is 9.08. The summed E-state index contributed by atoms with van der Waals surface area (Å²) in [6.07, 6.45) is 2.66. The van der Waals surface area contributed by atoms with Gasteiger partial charge in [-0.1, -0.05) is 6.07 Å². The van der Waals surface area contributed by atoms with Gasteiger partial charge in [-0.05, 0) is 52.3 Å². The van der Waals surface area contributed by atoms with Gasteiger partial charge < -0.3 is 14.5 Å². The zero-order chi connectivity index (χ0) is 16.2. The number of ether oxygens (including phenoxy) is 1. The van der Waals surface area contributed by atoms with Gasteiger partial charge in [0.1, 0.15) is 5.60 Å². The maximum Gasteiger partial charge on any atom is 0.410 e. The van der Waals surface area contributed by atoms with Crippen molar-refractivity contribution in [1.82, 2.24) is 14.8 Å². The molecule has 1 fully saturated rings. The van der Waals surface area contributed by atoms with Crippen LogP contribution in [0.15, 0.2) is 24.4 Å². The molecule has 0 N–H and O–H groups in total. The van der Waals surface area contributed by atoms with Gasteiger partial charge in [0, 0.05) is 32.4 Å². The van der Waals surface area contributed by atoms with Crippen molar-refractivity contribution in [2.45, 2.75) is 39.3 Å². The average molecular weight is 305 g/mol. The van der Waals surface area contributed by atoms with Crippen LogP contribution < -0.4 is 0 Å². The molecule has 22 heavy (non-hydrogen) atoms. The molecule has 1 unspecified atom stereocenters. The summed E-state index contributed by atoms with van der Waals surface area (Å²) < 4.78 is 5.43. The zero-order valence-corrected chi connectivity index (χ0v) is 14.1. The first-order chi connectivity index (χ1) is 10.3. The number of carbonyl (C=O) groups is 1. The van der Waals surface area contributed by atoms with Crippen LogP contribution in [0.2, 0.25) is 0 Å². The number of pyridine rings is 1. The van der Waals surface area contributed by atoms with E-state index < -0.39 is 5.60 Å². The van der Waals surface area contributed by atoms with Gasteiger partial charge in [-0.2, -0.15) is 0 Å². The van der Waals surface area contributed by atoms with Gasteiger partial charge in [-0.25, -0.2) is 4.79 Å². The molecule has 1 aliphatic rings. The predicted molar refractivity (Wildman–Crippen MR) is 86.5 cm³/mol. The van der Waals surface area contributed by atoms with Gasteiger partial charge in [-0.15, -0.1) is 0 Å². The molecule has 2 heterocycles. The normalized spacial score (nSPS) is 18.8. The Labute approximate surface area is 133 Å². The Morgan fingerprint density at radius 2 is 2.23 bits per heavy atom. The van der Waals surface area contributed by atoms with Crippen molar-refractivity contribution in [1.29, 1.82) is 0 Å². The lowest BCUT2D eigenvalue weighted by Crippen LogP contribution is -2.36. The Balaban J connectivity index is 1.77. The number of aromatic nitrogens is 1. The van der Waals surface area contributed by atoms with Gasteiger partial charge in [-0.3, -0.25) is 4.98 Å². The van der Waals surface area contributed by atoms with E-state index in [0.29, 0.717) is 5.92 Å². The van der Waals surface area contributed by atoms with Gasteiger partial charge in [0.25, 0.3) is 0 Å². The van der Waals surface area contributed by atoms with Crippen LogP contribution in [0.1, 0.15) is 32.9 Å². The number of nitrogens with zero attached hydrogens (tertiary/aromatic N) is 3. The van der Waals surface area contributed by atoms with Gasteiger partial charge >= 0.3 is 6.09 Å². The quantitative estimate of drug-likeness (QED) is 0.858. The molecule has 0 aromatic carbocycles. The minimum absolute atomic E-state index is 0.192. The number of rotatable bonds is 4. The highest BCUT2D eigenvalue weighted by Gasteiger charge is 2.30. The topological polar surface area (TPSA) is 45.7 Å². The molecule has 5 nitrogen and oxygen atoms in total. The third kappa shape index (κ3) is 5.30. The van der Waals surface area contributed by atoms with E-state index in [1.54, 1.807) is 0 Å². The highest BCUT2D eigenvalue weighted by atomic mass is 16.6. The highest BCUT2D eigenvalue weighted by molar-refractivity contribution is 5.68. The Kier molecular flexibility index (Phi) is 5.40. The first-order valence-electron chi connectivity index (χ1n) is 7.90. The van der Waals surface area contributed by atoms with Crippen molar-refractivity contribution in [3.63, 3.8) is 0 Å². The number of likely N-dealkylation sites (tertiary alicyclic amines) is 1. The second-order valence-electron chi connectivity index (χ2n) is 7.10. The number of carbonyl (C=O) groups excluding carboxylic acids is 1. The van der Waals surface area contributed by atoms with Crippen molar-refractivity contribution >= 4 is 6.09 Å². The predicted octanol–water partition coefficient (Wildman–Crippen LogP) is 2.77. The van der Waals surface area contributed by atoms with E-state index in [4.69, 9.17) is 4.74 Å². The summed E-state index contributed by atoms with van der Waals surface area (Å²) in [6, 6.07) is 5.98. The van der Waals surface area contributed by atoms with E-state index >= 15 is 0 Å². The molecule has 1 amide bonds. The van der Waals surface area contributed by atoms with Crippen LogP contribution >= 0.6 is 0 Å². The first-order valence-corrected chi connectivity index (χ1v) is 7.90. The Bertz CT molecular complexity index is 484. The molecule has 0 spiro atoms. The first kappa shape index (κ1) is 16.7. The summed E-state index contributed by atoms with van der Waals surface area (Å²) in [5, 5.41) is 0. The highest BCUT2D eigenvalue weighted by Crippen LogP contribution is 2.20. The number of hydrogen-bond donors (Lipinski definition) is 0. The van der Waals surface area contributed by atoms with Crippen molar-refractivity contribution in [3.8, 4) is 0 Å². The Hall–Kier alpha value is -1.62. The summed E-state index contributed by atoms with van der Waals surface area (Å²) >= 11 is 0. The smallest absolute Gasteiger partial charge is 0.410 e. The molecular formula is C17H27N3O2. The molecule has 2 rings (SSSR count). The van der Waals surface area contributed by atoms with E-state index in [9.17, 15) is 4.79 Å². The SMILES string of the molecule is CN(Cc1ccccn1)CC1CCN(C(=O)OC(C)(C)C)C1. The third-order valence-corrected chi connectivity index (χ3v) is 3.67. The van der Waals surface area contributed by atoms with Crippen LogP contribution in [-0.2, 0) is 11.3 Å². The molecule has 0 bridgehead atoms. The minimum atomic E-state index is -0.426. The molecule has 1 aromatic rings. The minimum Gasteiger partial charge on any atom is -0.444 e. The van der Waals surface area contributed by atoms with E-state index in [1.807, 2.05) is 50.1 Å². The fourth-order valence-electron chi connectivity index (χ4n) is 2.75. The molecule has 1 aliphatic heterocycles. The molecule has 1 aromatic heterocycles. The Morgan fingerprint density at radius 3 is 2.86 bits per heavy atom. The summed E-state index contributed by atoms with van der Waals surface area (Å²) in [7, 11) is 2.10. The van der Waals surface area contributed by atoms with E-state index in [1.165, 1.54) is 0 Å². The molecule has 5 heteroatoms.